The largest absolute Gasteiger partial charge is 0.493 e. The van der Waals surface area contributed by atoms with Crippen LogP contribution in [0.15, 0.2) is 65.6 Å². The molecular formula is C20H18ClN3O2. The van der Waals surface area contributed by atoms with Crippen molar-refractivity contribution in [2.75, 3.05) is 18.5 Å². The van der Waals surface area contributed by atoms with Crippen molar-refractivity contribution < 1.29 is 4.74 Å². The van der Waals surface area contributed by atoms with Crippen molar-refractivity contribution in [3.63, 3.8) is 0 Å². The molecule has 0 fully saturated rings. The predicted octanol–water partition coefficient (Wildman–Crippen LogP) is 3.55. The number of fused-ring (bicyclic) bond motifs is 1. The molecule has 26 heavy (non-hydrogen) atoms. The Bertz CT molecular complexity index is 972. The van der Waals surface area contributed by atoms with Gasteiger partial charge < -0.3 is 10.1 Å². The third kappa shape index (κ3) is 3.30. The Morgan fingerprint density at radius 1 is 1.15 bits per heavy atom. The minimum absolute atomic E-state index is 0.140. The van der Waals surface area contributed by atoms with E-state index in [2.05, 4.69) is 16.5 Å². The van der Waals surface area contributed by atoms with Gasteiger partial charge in [0.2, 0.25) is 0 Å². The van der Waals surface area contributed by atoms with Gasteiger partial charge >= 0.3 is 0 Å². The molecule has 3 aromatic rings. The Morgan fingerprint density at radius 3 is 2.77 bits per heavy atom. The van der Waals surface area contributed by atoms with E-state index >= 15 is 0 Å². The van der Waals surface area contributed by atoms with E-state index in [1.165, 1.54) is 10.2 Å². The fourth-order valence-electron chi connectivity index (χ4n) is 3.09. The average Bonchev–Trinajstić information content (AvgIpc) is 2.69. The van der Waals surface area contributed by atoms with Crippen LogP contribution in [-0.2, 0) is 6.42 Å². The summed E-state index contributed by atoms with van der Waals surface area (Å²) in [6, 6.07) is 17.3. The topological polar surface area (TPSA) is 56.1 Å². The van der Waals surface area contributed by atoms with Gasteiger partial charge in [-0.1, -0.05) is 48.0 Å². The highest BCUT2D eigenvalue weighted by atomic mass is 35.5. The maximum Gasteiger partial charge on any atom is 0.292 e. The molecule has 1 aliphatic rings. The fourth-order valence-corrected chi connectivity index (χ4v) is 3.28. The molecule has 5 nitrogen and oxygen atoms in total. The lowest BCUT2D eigenvalue weighted by Crippen LogP contribution is -2.28. The molecule has 4 rings (SSSR count). The summed E-state index contributed by atoms with van der Waals surface area (Å²) in [5.41, 5.74) is 2.09. The first-order valence-corrected chi connectivity index (χ1v) is 8.88. The van der Waals surface area contributed by atoms with E-state index < -0.39 is 0 Å². The summed E-state index contributed by atoms with van der Waals surface area (Å²) in [6.07, 6.45) is 2.52. The van der Waals surface area contributed by atoms with Gasteiger partial charge in [-0.3, -0.25) is 4.79 Å². The summed E-state index contributed by atoms with van der Waals surface area (Å²) in [5.74, 6) is 1.26. The summed E-state index contributed by atoms with van der Waals surface area (Å²) < 4.78 is 7.10. The summed E-state index contributed by atoms with van der Waals surface area (Å²) in [5, 5.41) is 7.62. The molecule has 132 valence electrons. The van der Waals surface area contributed by atoms with E-state index in [-0.39, 0.29) is 10.6 Å². The molecule has 0 saturated carbocycles. The van der Waals surface area contributed by atoms with Gasteiger partial charge in [0.15, 0.2) is 0 Å². The number of benzene rings is 2. The zero-order valence-electron chi connectivity index (χ0n) is 14.1. The lowest BCUT2D eigenvalue weighted by molar-refractivity contribution is 0.229. The molecule has 0 spiro atoms. The molecule has 2 heterocycles. The van der Waals surface area contributed by atoms with Crippen LogP contribution in [0.5, 0.6) is 5.75 Å². The SMILES string of the molecule is O=c1c(Cl)c(NC[C@@H]2COc3ccccc3C2)cnn1-c1ccccc1. The molecule has 2 aromatic carbocycles. The maximum atomic E-state index is 12.5. The Kier molecular flexibility index (Phi) is 4.63. The van der Waals surface area contributed by atoms with Crippen LogP contribution < -0.4 is 15.6 Å². The molecule has 1 N–H and O–H groups in total. The van der Waals surface area contributed by atoms with Crippen LogP contribution in [0.2, 0.25) is 5.02 Å². The second-order valence-electron chi connectivity index (χ2n) is 6.29. The third-order valence-corrected chi connectivity index (χ3v) is 4.82. The zero-order valence-corrected chi connectivity index (χ0v) is 14.8. The Labute approximate surface area is 156 Å². The van der Waals surface area contributed by atoms with Crippen LogP contribution in [0.3, 0.4) is 0 Å². The highest BCUT2D eigenvalue weighted by molar-refractivity contribution is 6.32. The molecule has 0 unspecified atom stereocenters. The molecule has 0 saturated heterocycles. The van der Waals surface area contributed by atoms with Crippen LogP contribution in [0.4, 0.5) is 5.69 Å². The number of anilines is 1. The highest BCUT2D eigenvalue weighted by Crippen LogP contribution is 2.27. The standard InChI is InChI=1S/C20H18ClN3O2/c21-19-17(12-23-24(20(19)25)16-7-2-1-3-8-16)22-11-14-10-15-6-4-5-9-18(15)26-13-14/h1-9,12,14,22H,10-11,13H2/t14-/m1/s1. The summed E-state index contributed by atoms with van der Waals surface area (Å²) in [6.45, 7) is 1.29. The number of aromatic nitrogens is 2. The lowest BCUT2D eigenvalue weighted by Gasteiger charge is -2.25. The second kappa shape index (κ2) is 7.22. The van der Waals surface area contributed by atoms with E-state index in [4.69, 9.17) is 16.3 Å². The van der Waals surface area contributed by atoms with Crippen molar-refractivity contribution >= 4 is 17.3 Å². The number of para-hydroxylation sites is 2. The van der Waals surface area contributed by atoms with Crippen molar-refractivity contribution in [1.29, 1.82) is 0 Å². The zero-order chi connectivity index (χ0) is 17.9. The molecule has 1 aromatic heterocycles. The molecule has 6 heteroatoms. The Balaban J connectivity index is 1.48. The monoisotopic (exact) mass is 367 g/mol. The van der Waals surface area contributed by atoms with Crippen molar-refractivity contribution in [2.24, 2.45) is 5.92 Å². The smallest absolute Gasteiger partial charge is 0.292 e. The van der Waals surface area contributed by atoms with Crippen molar-refractivity contribution in [2.45, 2.75) is 6.42 Å². The van der Waals surface area contributed by atoms with E-state index in [0.29, 0.717) is 30.4 Å². The summed E-state index contributed by atoms with van der Waals surface area (Å²) >= 11 is 6.28. The first-order chi connectivity index (χ1) is 12.7. The van der Waals surface area contributed by atoms with E-state index in [9.17, 15) is 4.79 Å². The minimum Gasteiger partial charge on any atom is -0.493 e. The summed E-state index contributed by atoms with van der Waals surface area (Å²) in [7, 11) is 0. The number of nitrogens with zero attached hydrogens (tertiary/aromatic N) is 2. The van der Waals surface area contributed by atoms with E-state index in [1.54, 1.807) is 6.20 Å². The average molecular weight is 368 g/mol. The Hall–Kier alpha value is -2.79. The predicted molar refractivity (Wildman–Crippen MR) is 102 cm³/mol. The fraction of sp³-hybridized carbons (Fsp3) is 0.200. The number of nitrogens with one attached hydrogen (secondary N) is 1. The number of ether oxygens (including phenoxy) is 1. The summed E-state index contributed by atoms with van der Waals surface area (Å²) in [4.78, 5) is 12.5. The maximum absolute atomic E-state index is 12.5. The lowest BCUT2D eigenvalue weighted by atomic mass is 9.97. The first kappa shape index (κ1) is 16.7. The van der Waals surface area contributed by atoms with Gasteiger partial charge in [0, 0.05) is 12.5 Å². The van der Waals surface area contributed by atoms with Crippen LogP contribution in [0, 0.1) is 5.92 Å². The van der Waals surface area contributed by atoms with Crippen LogP contribution in [-0.4, -0.2) is 22.9 Å². The van der Waals surface area contributed by atoms with Gasteiger partial charge in [0.25, 0.3) is 5.56 Å². The molecular weight excluding hydrogens is 350 g/mol. The quantitative estimate of drug-likeness (QED) is 0.766. The first-order valence-electron chi connectivity index (χ1n) is 8.50. The van der Waals surface area contributed by atoms with Crippen molar-refractivity contribution in [3.8, 4) is 11.4 Å². The van der Waals surface area contributed by atoms with Crippen LogP contribution in [0.1, 0.15) is 5.56 Å². The van der Waals surface area contributed by atoms with E-state index in [1.807, 2.05) is 48.5 Å². The van der Waals surface area contributed by atoms with Gasteiger partial charge in [-0.2, -0.15) is 9.78 Å². The van der Waals surface area contributed by atoms with Gasteiger partial charge in [-0.25, -0.2) is 0 Å². The van der Waals surface area contributed by atoms with E-state index in [0.717, 1.165) is 12.2 Å². The molecule has 0 radical (unpaired) electrons. The van der Waals surface area contributed by atoms with Gasteiger partial charge in [0.05, 0.1) is 24.2 Å². The third-order valence-electron chi connectivity index (χ3n) is 4.46. The number of rotatable bonds is 4. The number of hydrogen-bond donors (Lipinski definition) is 1. The van der Waals surface area contributed by atoms with Crippen LogP contribution in [0.25, 0.3) is 5.69 Å². The normalized spacial score (nSPS) is 15.8. The van der Waals surface area contributed by atoms with Crippen LogP contribution >= 0.6 is 11.6 Å². The highest BCUT2D eigenvalue weighted by Gasteiger charge is 2.20. The van der Waals surface area contributed by atoms with Crippen molar-refractivity contribution in [3.05, 3.63) is 81.7 Å². The van der Waals surface area contributed by atoms with Crippen molar-refractivity contribution in [1.82, 2.24) is 9.78 Å². The number of hydrogen-bond acceptors (Lipinski definition) is 4. The van der Waals surface area contributed by atoms with Gasteiger partial charge in [-0.05, 0) is 30.2 Å². The minimum atomic E-state index is -0.340. The molecule has 0 bridgehead atoms. The number of halogens is 1. The van der Waals surface area contributed by atoms with Gasteiger partial charge in [0.1, 0.15) is 10.8 Å². The Morgan fingerprint density at radius 2 is 1.92 bits per heavy atom. The molecule has 0 aliphatic carbocycles. The molecule has 1 aliphatic heterocycles. The second-order valence-corrected chi connectivity index (χ2v) is 6.67. The molecule has 1 atom stereocenters. The van der Waals surface area contributed by atoms with Gasteiger partial charge in [-0.15, -0.1) is 0 Å². The molecule has 0 amide bonds.